The van der Waals surface area contributed by atoms with Gasteiger partial charge in [0, 0.05) is 36.4 Å². The monoisotopic (exact) mass is 978 g/mol. The number of phenols is 1. The van der Waals surface area contributed by atoms with E-state index in [0.717, 1.165) is 10.9 Å². The minimum Gasteiger partial charge on any atom is -0.508 e. The Morgan fingerprint density at radius 1 is 0.557 bits per heavy atom. The number of carboxylic acids is 2. The number of carbonyl (C=O) groups excluding carboxylic acids is 7. The van der Waals surface area contributed by atoms with E-state index in [1.165, 1.54) is 31.2 Å². The van der Waals surface area contributed by atoms with Crippen LogP contribution in [-0.2, 0) is 56.0 Å². The number of rotatable bonds is 27. The zero-order chi connectivity index (χ0) is 52.6. The van der Waals surface area contributed by atoms with Crippen molar-refractivity contribution in [3.63, 3.8) is 0 Å². The summed E-state index contributed by atoms with van der Waals surface area (Å²) in [5, 5.41) is 48.1. The highest BCUT2D eigenvalue weighted by Gasteiger charge is 2.36. The van der Waals surface area contributed by atoms with Crippen LogP contribution in [0.25, 0.3) is 10.9 Å². The Kier molecular flexibility index (Phi) is 21.8. The number of aromatic amines is 1. The molecule has 21 heteroatoms. The molecule has 0 spiro atoms. The summed E-state index contributed by atoms with van der Waals surface area (Å²) in [4.78, 5) is 122. The van der Waals surface area contributed by atoms with Gasteiger partial charge in [0.1, 0.15) is 48.0 Å². The lowest BCUT2D eigenvalue weighted by molar-refractivity contribution is -0.142. The van der Waals surface area contributed by atoms with Crippen LogP contribution in [0.3, 0.4) is 0 Å². The Morgan fingerprint density at radius 3 is 1.57 bits per heavy atom. The molecule has 2 aromatic carbocycles. The van der Waals surface area contributed by atoms with E-state index in [2.05, 4.69) is 42.2 Å². The van der Waals surface area contributed by atoms with Crippen LogP contribution in [0.5, 0.6) is 5.75 Å². The van der Waals surface area contributed by atoms with Crippen LogP contribution in [0.1, 0.15) is 92.7 Å². The second-order valence-corrected chi connectivity index (χ2v) is 19.0. The summed E-state index contributed by atoms with van der Waals surface area (Å²) in [7, 11) is 0. The van der Waals surface area contributed by atoms with Crippen molar-refractivity contribution in [3.8, 4) is 5.75 Å². The Morgan fingerprint density at radius 2 is 1.04 bits per heavy atom. The number of carbonyl (C=O) groups is 9. The molecular weight excluding hydrogens is 907 g/mol. The number of aromatic nitrogens is 1. The molecule has 3 aromatic rings. The Hall–Kier alpha value is -7.03. The fraction of sp³-hybridized carbons (Fsp3) is 0.531. The number of hydrogen-bond donors (Lipinski definition) is 12. The van der Waals surface area contributed by atoms with Crippen molar-refractivity contribution in [2.24, 2.45) is 29.4 Å². The van der Waals surface area contributed by atoms with Crippen LogP contribution in [0.15, 0.2) is 54.7 Å². The molecule has 70 heavy (non-hydrogen) atoms. The molecule has 13 N–H and O–H groups in total. The highest BCUT2D eigenvalue weighted by molar-refractivity contribution is 5.98. The molecule has 0 saturated heterocycles. The molecule has 0 fully saturated rings. The van der Waals surface area contributed by atoms with Crippen LogP contribution in [0.2, 0.25) is 0 Å². The number of para-hydroxylation sites is 1. The van der Waals surface area contributed by atoms with Crippen molar-refractivity contribution in [3.05, 3.63) is 65.9 Å². The normalized spacial score (nSPS) is 14.9. The maximum atomic E-state index is 14.1. The van der Waals surface area contributed by atoms with Gasteiger partial charge in [0.2, 0.25) is 41.4 Å². The van der Waals surface area contributed by atoms with Gasteiger partial charge in [-0.2, -0.15) is 0 Å². The number of nitrogens with two attached hydrogens (primary N) is 1. The number of aromatic hydroxyl groups is 1. The number of aliphatic carboxylic acids is 2. The lowest BCUT2D eigenvalue weighted by Crippen LogP contribution is -2.61. The van der Waals surface area contributed by atoms with Crippen LogP contribution in [-0.4, -0.2) is 122 Å². The summed E-state index contributed by atoms with van der Waals surface area (Å²) in [6, 6.07) is 3.17. The molecule has 7 amide bonds. The predicted molar refractivity (Wildman–Crippen MR) is 259 cm³/mol. The first-order valence-electron chi connectivity index (χ1n) is 23.4. The molecule has 0 bridgehead atoms. The number of hydrogen-bond acceptors (Lipinski definition) is 11. The fourth-order valence-electron chi connectivity index (χ4n) is 7.47. The Balaban J connectivity index is 1.75. The van der Waals surface area contributed by atoms with Crippen molar-refractivity contribution in [1.29, 1.82) is 0 Å². The summed E-state index contributed by atoms with van der Waals surface area (Å²) in [6.45, 7) is 14.9. The SMILES string of the molecule is CC(C)C[C@H](NC(=O)[C@H](Cc1ccc(O)cc1)NC(=O)[C@@H](NC(=O)[C@@H](N)CCC(=O)O)C(C)C)C(=O)N[C@@H](C)C(=O)N[C@H](C(=O)N[C@H](C(=O)N[C@@H](Cc1c[nH]c2ccccc12)C(=O)O)C(C)C)C(C)C. The van der Waals surface area contributed by atoms with Crippen LogP contribution >= 0.6 is 0 Å². The average molecular weight is 978 g/mol. The average Bonchev–Trinajstić information content (AvgIpc) is 3.69. The number of carboxylic acid groups (broad SMARTS) is 2. The van der Waals surface area contributed by atoms with Gasteiger partial charge in [0.05, 0.1) is 6.04 Å². The third kappa shape index (κ3) is 17.5. The molecule has 21 nitrogen and oxygen atoms in total. The Labute approximate surface area is 407 Å². The maximum Gasteiger partial charge on any atom is 0.326 e. The lowest BCUT2D eigenvalue weighted by atomic mass is 9.98. The van der Waals surface area contributed by atoms with Crippen LogP contribution in [0, 0.1) is 23.7 Å². The van der Waals surface area contributed by atoms with Gasteiger partial charge in [-0.3, -0.25) is 38.4 Å². The number of fused-ring (bicyclic) bond motifs is 1. The summed E-state index contributed by atoms with van der Waals surface area (Å²) in [5.41, 5.74) is 7.88. The summed E-state index contributed by atoms with van der Waals surface area (Å²) >= 11 is 0. The Bertz CT molecular complexity index is 2310. The predicted octanol–water partition coefficient (Wildman–Crippen LogP) is 1.36. The van der Waals surface area contributed by atoms with E-state index in [0.29, 0.717) is 11.1 Å². The molecule has 3 rings (SSSR count). The first kappa shape index (κ1) is 57.3. The van der Waals surface area contributed by atoms with Gasteiger partial charge >= 0.3 is 11.9 Å². The third-order valence-corrected chi connectivity index (χ3v) is 11.6. The van der Waals surface area contributed by atoms with Gasteiger partial charge in [-0.05, 0) is 72.8 Å². The molecule has 0 radical (unpaired) electrons. The second-order valence-electron chi connectivity index (χ2n) is 19.0. The van der Waals surface area contributed by atoms with E-state index >= 15 is 0 Å². The molecule has 0 aliphatic heterocycles. The van der Waals surface area contributed by atoms with E-state index in [1.54, 1.807) is 61.6 Å². The largest absolute Gasteiger partial charge is 0.508 e. The van der Waals surface area contributed by atoms with Gasteiger partial charge in [-0.1, -0.05) is 85.7 Å². The quantitative estimate of drug-likeness (QED) is 0.0514. The van der Waals surface area contributed by atoms with E-state index < -0.39 is 119 Å². The van der Waals surface area contributed by atoms with E-state index in [1.807, 2.05) is 24.3 Å². The zero-order valence-electron chi connectivity index (χ0n) is 41.3. The number of H-pyrrole nitrogens is 1. The summed E-state index contributed by atoms with van der Waals surface area (Å²) in [5.74, 6) is -9.52. The minimum absolute atomic E-state index is 0.0355. The highest BCUT2D eigenvalue weighted by Crippen LogP contribution is 2.20. The molecule has 0 aliphatic carbocycles. The van der Waals surface area contributed by atoms with Crippen molar-refractivity contribution in [2.45, 2.75) is 143 Å². The standard InChI is InChI=1S/C49H71N9O12/c1-24(2)20-35(53-45(65)36(21-29-14-16-31(59)17-15-29)54-46(66)39(25(3)4)57-43(63)33(50)18-19-38(60)61)44(64)52-28(9)42(62)56-41(27(7)8)48(68)58-40(26(5)6)47(67)55-37(49(69)70)22-30-23-51-34-13-11-10-12-32(30)34/h10-17,23-28,33,35-37,39-41,51,59H,18-22,50H2,1-9H3,(H,52,64)(H,53,65)(H,54,66)(H,55,67)(H,56,62)(H,57,63)(H,58,68)(H,60,61)(H,69,70)/t28-,33-,35-,36-,37-,39-,40-,41-/m0/s1. The van der Waals surface area contributed by atoms with Gasteiger partial charge in [-0.15, -0.1) is 0 Å². The highest BCUT2D eigenvalue weighted by atomic mass is 16.4. The molecule has 0 unspecified atom stereocenters. The molecule has 1 heterocycles. The van der Waals surface area contributed by atoms with E-state index in [9.17, 15) is 53.4 Å². The summed E-state index contributed by atoms with van der Waals surface area (Å²) in [6.07, 6.45) is 1.05. The zero-order valence-corrected chi connectivity index (χ0v) is 41.3. The molecule has 384 valence electrons. The van der Waals surface area contributed by atoms with Gasteiger partial charge in [-0.25, -0.2) is 4.79 Å². The third-order valence-electron chi connectivity index (χ3n) is 11.6. The van der Waals surface area contributed by atoms with E-state index in [4.69, 9.17) is 10.8 Å². The lowest BCUT2D eigenvalue weighted by Gasteiger charge is -2.29. The van der Waals surface area contributed by atoms with Crippen molar-refractivity contribution < 1.29 is 58.5 Å². The first-order chi connectivity index (χ1) is 32.8. The molecular formula is C49H71N9O12. The van der Waals surface area contributed by atoms with Crippen LogP contribution < -0.4 is 43.0 Å². The number of amides is 7. The van der Waals surface area contributed by atoms with Crippen molar-refractivity contribution >= 4 is 64.2 Å². The minimum atomic E-state index is -1.34. The smallest absolute Gasteiger partial charge is 0.326 e. The maximum absolute atomic E-state index is 14.1. The summed E-state index contributed by atoms with van der Waals surface area (Å²) < 4.78 is 0. The molecule has 0 saturated carbocycles. The van der Waals surface area contributed by atoms with Crippen molar-refractivity contribution in [1.82, 2.24) is 42.2 Å². The van der Waals surface area contributed by atoms with Crippen molar-refractivity contribution in [2.75, 3.05) is 0 Å². The van der Waals surface area contributed by atoms with Gasteiger partial charge < -0.3 is 63.3 Å². The van der Waals surface area contributed by atoms with Crippen LogP contribution in [0.4, 0.5) is 0 Å². The van der Waals surface area contributed by atoms with E-state index in [-0.39, 0.29) is 43.8 Å². The molecule has 8 atom stereocenters. The second kappa shape index (κ2) is 26.7. The molecule has 1 aromatic heterocycles. The first-order valence-corrected chi connectivity index (χ1v) is 23.4. The van der Waals surface area contributed by atoms with Gasteiger partial charge in [0.15, 0.2) is 0 Å². The fourth-order valence-corrected chi connectivity index (χ4v) is 7.47. The topological polar surface area (TPSA) is 340 Å². The number of nitrogens with one attached hydrogen (secondary N) is 8. The number of phenolic OH excluding ortho intramolecular Hbond substituents is 1. The molecule has 0 aliphatic rings. The van der Waals surface area contributed by atoms with Gasteiger partial charge in [0.25, 0.3) is 0 Å². The number of benzene rings is 2.